The van der Waals surface area contributed by atoms with Gasteiger partial charge in [0.05, 0.1) is 12.5 Å². The van der Waals surface area contributed by atoms with Crippen molar-refractivity contribution in [2.24, 2.45) is 5.92 Å². The van der Waals surface area contributed by atoms with Crippen LogP contribution in [-0.2, 0) is 11.3 Å². The highest BCUT2D eigenvalue weighted by molar-refractivity contribution is 5.80. The summed E-state index contributed by atoms with van der Waals surface area (Å²) in [6.45, 7) is 1.60. The quantitative estimate of drug-likeness (QED) is 0.841. The van der Waals surface area contributed by atoms with E-state index in [-0.39, 0.29) is 17.9 Å². The second-order valence-electron chi connectivity index (χ2n) is 5.22. The number of imidazole rings is 1. The van der Waals surface area contributed by atoms with Gasteiger partial charge >= 0.3 is 6.03 Å². The van der Waals surface area contributed by atoms with Crippen LogP contribution in [0.25, 0.3) is 0 Å². The molecule has 0 saturated carbocycles. The second-order valence-corrected chi connectivity index (χ2v) is 5.22. The van der Waals surface area contributed by atoms with Crippen molar-refractivity contribution < 1.29 is 9.59 Å². The number of H-pyrrole nitrogens is 1. The second kappa shape index (κ2) is 6.40. The van der Waals surface area contributed by atoms with Crippen molar-refractivity contribution >= 4 is 11.9 Å². The van der Waals surface area contributed by atoms with Crippen LogP contribution in [0.4, 0.5) is 4.79 Å². The Morgan fingerprint density at radius 3 is 3.00 bits per heavy atom. The Labute approximate surface area is 118 Å². The standard InChI is InChI=1S/C13H21N5O2/c1-17(2)13(20)18-7-3-4-10(9-18)12(19)16-8-11-14-5-6-15-11/h5-6,10H,3-4,7-9H2,1-2H3,(H,14,15)(H,16,19). The van der Waals surface area contributed by atoms with Gasteiger partial charge in [0, 0.05) is 39.6 Å². The number of aromatic nitrogens is 2. The number of piperidine rings is 1. The van der Waals surface area contributed by atoms with Crippen LogP contribution in [0.1, 0.15) is 18.7 Å². The molecule has 7 nitrogen and oxygen atoms in total. The maximum atomic E-state index is 12.1. The molecule has 1 saturated heterocycles. The fourth-order valence-electron chi connectivity index (χ4n) is 2.36. The van der Waals surface area contributed by atoms with Gasteiger partial charge in [-0.1, -0.05) is 0 Å². The third kappa shape index (κ3) is 3.49. The number of carbonyl (C=O) groups is 2. The number of nitrogens with one attached hydrogen (secondary N) is 2. The normalized spacial score (nSPS) is 18.7. The molecule has 1 aromatic heterocycles. The molecule has 20 heavy (non-hydrogen) atoms. The average Bonchev–Trinajstić information content (AvgIpc) is 2.97. The minimum atomic E-state index is -0.136. The van der Waals surface area contributed by atoms with Crippen molar-refractivity contribution in [1.29, 1.82) is 0 Å². The lowest BCUT2D eigenvalue weighted by Gasteiger charge is -2.33. The number of nitrogens with zero attached hydrogens (tertiary/aromatic N) is 3. The Kier molecular flexibility index (Phi) is 4.60. The minimum absolute atomic E-state index is 0.0161. The molecule has 1 fully saturated rings. The van der Waals surface area contributed by atoms with Gasteiger partial charge in [0.15, 0.2) is 0 Å². The number of amides is 3. The summed E-state index contributed by atoms with van der Waals surface area (Å²) in [6, 6.07) is -0.0338. The number of likely N-dealkylation sites (tertiary alicyclic amines) is 1. The Morgan fingerprint density at radius 2 is 2.35 bits per heavy atom. The van der Waals surface area contributed by atoms with E-state index in [0.29, 0.717) is 13.1 Å². The molecule has 0 spiro atoms. The molecule has 1 aliphatic rings. The lowest BCUT2D eigenvalue weighted by Crippen LogP contribution is -2.48. The highest BCUT2D eigenvalue weighted by Crippen LogP contribution is 2.17. The van der Waals surface area contributed by atoms with E-state index >= 15 is 0 Å². The summed E-state index contributed by atoms with van der Waals surface area (Å²) in [4.78, 5) is 34.3. The van der Waals surface area contributed by atoms with Crippen LogP contribution >= 0.6 is 0 Å². The molecule has 1 unspecified atom stereocenters. The van der Waals surface area contributed by atoms with Crippen LogP contribution < -0.4 is 5.32 Å². The van der Waals surface area contributed by atoms with Crippen LogP contribution in [0, 0.1) is 5.92 Å². The molecular weight excluding hydrogens is 258 g/mol. The van der Waals surface area contributed by atoms with E-state index in [1.165, 1.54) is 0 Å². The largest absolute Gasteiger partial charge is 0.349 e. The number of urea groups is 1. The molecule has 3 amide bonds. The maximum Gasteiger partial charge on any atom is 0.319 e. The van der Waals surface area contributed by atoms with E-state index in [1.807, 2.05) is 0 Å². The lowest BCUT2D eigenvalue weighted by molar-refractivity contribution is -0.126. The highest BCUT2D eigenvalue weighted by Gasteiger charge is 2.28. The van der Waals surface area contributed by atoms with Gasteiger partial charge in [-0.25, -0.2) is 9.78 Å². The topological polar surface area (TPSA) is 81.3 Å². The van der Waals surface area contributed by atoms with E-state index < -0.39 is 0 Å². The first-order valence-electron chi connectivity index (χ1n) is 6.80. The first-order valence-corrected chi connectivity index (χ1v) is 6.80. The summed E-state index contributed by atoms with van der Waals surface area (Å²) in [7, 11) is 3.45. The average molecular weight is 279 g/mol. The van der Waals surface area contributed by atoms with Gasteiger partial charge in [-0.15, -0.1) is 0 Å². The zero-order chi connectivity index (χ0) is 14.5. The number of hydrogen-bond acceptors (Lipinski definition) is 3. The van der Waals surface area contributed by atoms with E-state index in [1.54, 1.807) is 36.3 Å². The van der Waals surface area contributed by atoms with E-state index in [0.717, 1.165) is 25.2 Å². The summed E-state index contributed by atoms with van der Waals surface area (Å²) in [5.41, 5.74) is 0. The van der Waals surface area contributed by atoms with Gasteiger partial charge in [0.2, 0.25) is 5.91 Å². The molecule has 1 atom stereocenters. The summed E-state index contributed by atoms with van der Waals surface area (Å²) in [5.74, 6) is 0.579. The molecule has 0 bridgehead atoms. The molecule has 2 heterocycles. The van der Waals surface area contributed by atoms with Crippen LogP contribution in [0.5, 0.6) is 0 Å². The van der Waals surface area contributed by atoms with E-state index in [2.05, 4.69) is 15.3 Å². The molecule has 2 N–H and O–H groups in total. The van der Waals surface area contributed by atoms with Crippen LogP contribution in [0.15, 0.2) is 12.4 Å². The van der Waals surface area contributed by atoms with Gasteiger partial charge in [-0.2, -0.15) is 0 Å². The van der Waals surface area contributed by atoms with Crippen molar-refractivity contribution in [3.8, 4) is 0 Å². The molecule has 2 rings (SSSR count). The minimum Gasteiger partial charge on any atom is -0.349 e. The number of aromatic amines is 1. The lowest BCUT2D eigenvalue weighted by atomic mass is 9.97. The smallest absolute Gasteiger partial charge is 0.319 e. The van der Waals surface area contributed by atoms with Crippen molar-refractivity contribution in [3.05, 3.63) is 18.2 Å². The van der Waals surface area contributed by atoms with Crippen LogP contribution in [0.3, 0.4) is 0 Å². The number of hydrogen-bond donors (Lipinski definition) is 2. The van der Waals surface area contributed by atoms with Gasteiger partial charge in [-0.05, 0) is 12.8 Å². The predicted octanol–water partition coefficient (Wildman–Crippen LogP) is 0.420. The molecule has 0 aliphatic carbocycles. The van der Waals surface area contributed by atoms with Crippen molar-refractivity contribution in [2.75, 3.05) is 27.2 Å². The summed E-state index contributed by atoms with van der Waals surface area (Å²) in [5, 5.41) is 2.86. The zero-order valence-corrected chi connectivity index (χ0v) is 11.9. The number of carbonyl (C=O) groups excluding carboxylic acids is 2. The van der Waals surface area contributed by atoms with Crippen LogP contribution in [0.2, 0.25) is 0 Å². The predicted molar refractivity (Wildman–Crippen MR) is 73.8 cm³/mol. The summed E-state index contributed by atoms with van der Waals surface area (Å²) in [6.07, 6.45) is 5.05. The summed E-state index contributed by atoms with van der Waals surface area (Å²) < 4.78 is 0. The number of rotatable bonds is 3. The first kappa shape index (κ1) is 14.4. The monoisotopic (exact) mass is 279 g/mol. The van der Waals surface area contributed by atoms with Crippen molar-refractivity contribution in [3.63, 3.8) is 0 Å². The Balaban J connectivity index is 1.85. The van der Waals surface area contributed by atoms with Crippen molar-refractivity contribution in [2.45, 2.75) is 19.4 Å². The zero-order valence-electron chi connectivity index (χ0n) is 11.9. The molecule has 7 heteroatoms. The molecule has 1 aromatic rings. The Hall–Kier alpha value is -2.05. The van der Waals surface area contributed by atoms with Crippen LogP contribution in [-0.4, -0.2) is 58.9 Å². The maximum absolute atomic E-state index is 12.1. The molecular formula is C13H21N5O2. The van der Waals surface area contributed by atoms with Gasteiger partial charge < -0.3 is 20.1 Å². The Bertz CT molecular complexity index is 457. The Morgan fingerprint density at radius 1 is 1.55 bits per heavy atom. The highest BCUT2D eigenvalue weighted by atomic mass is 16.2. The third-order valence-corrected chi connectivity index (χ3v) is 3.43. The van der Waals surface area contributed by atoms with E-state index in [4.69, 9.17) is 0 Å². The van der Waals surface area contributed by atoms with Crippen molar-refractivity contribution in [1.82, 2.24) is 25.1 Å². The first-order chi connectivity index (χ1) is 9.58. The van der Waals surface area contributed by atoms with E-state index in [9.17, 15) is 9.59 Å². The summed E-state index contributed by atoms with van der Waals surface area (Å²) >= 11 is 0. The SMILES string of the molecule is CN(C)C(=O)N1CCCC(C(=O)NCc2ncc[nH]2)C1. The molecule has 110 valence electrons. The van der Waals surface area contributed by atoms with Gasteiger partial charge in [-0.3, -0.25) is 4.79 Å². The fourth-order valence-corrected chi connectivity index (χ4v) is 2.36. The molecule has 1 aliphatic heterocycles. The van der Waals surface area contributed by atoms with Gasteiger partial charge in [0.1, 0.15) is 5.82 Å². The fraction of sp³-hybridized carbons (Fsp3) is 0.615. The molecule has 0 aromatic carbocycles. The third-order valence-electron chi connectivity index (χ3n) is 3.43. The molecule has 0 radical (unpaired) electrons. The van der Waals surface area contributed by atoms with Gasteiger partial charge in [0.25, 0.3) is 0 Å².